The molecule has 0 radical (unpaired) electrons. The van der Waals surface area contributed by atoms with Crippen LogP contribution in [-0.4, -0.2) is 10.8 Å². The molecule has 1 N–H and O–H groups in total. The van der Waals surface area contributed by atoms with Crippen molar-refractivity contribution in [2.24, 2.45) is 0 Å². The molecule has 100 valence electrons. The molecule has 0 saturated carbocycles. The average Bonchev–Trinajstić information content (AvgIpc) is 2.79. The van der Waals surface area contributed by atoms with Crippen LogP contribution >= 0.6 is 27.5 Å². The lowest BCUT2D eigenvalue weighted by atomic mass is 10.0. The van der Waals surface area contributed by atoms with E-state index in [-0.39, 0.29) is 11.6 Å². The molecule has 0 unspecified atom stereocenters. The van der Waals surface area contributed by atoms with Crippen LogP contribution in [-0.2, 0) is 0 Å². The van der Waals surface area contributed by atoms with Gasteiger partial charge in [-0.2, -0.15) is 0 Å². The van der Waals surface area contributed by atoms with Gasteiger partial charge in [0.15, 0.2) is 5.78 Å². The van der Waals surface area contributed by atoms with E-state index in [4.69, 9.17) is 11.6 Å². The van der Waals surface area contributed by atoms with Crippen LogP contribution < -0.4 is 0 Å². The Morgan fingerprint density at radius 3 is 2.75 bits per heavy atom. The molecule has 2 aromatic carbocycles. The van der Waals surface area contributed by atoms with E-state index in [1.54, 1.807) is 30.5 Å². The number of rotatable bonds is 2. The van der Waals surface area contributed by atoms with Gasteiger partial charge >= 0.3 is 0 Å². The van der Waals surface area contributed by atoms with E-state index in [0.717, 1.165) is 9.99 Å². The predicted molar refractivity (Wildman–Crippen MR) is 80.8 cm³/mol. The van der Waals surface area contributed by atoms with Gasteiger partial charge in [-0.05, 0) is 36.4 Å². The van der Waals surface area contributed by atoms with Gasteiger partial charge in [0, 0.05) is 37.7 Å². The zero-order chi connectivity index (χ0) is 14.3. The number of aromatic amines is 1. The first kappa shape index (κ1) is 13.3. The van der Waals surface area contributed by atoms with Crippen LogP contribution in [0.4, 0.5) is 4.39 Å². The minimum atomic E-state index is -0.376. The fraction of sp³-hybridized carbons (Fsp3) is 0. The fourth-order valence-electron chi connectivity index (χ4n) is 2.12. The van der Waals surface area contributed by atoms with Crippen LogP contribution in [0.1, 0.15) is 15.9 Å². The average molecular weight is 353 g/mol. The standard InChI is InChI=1S/C15H8BrClFNO/c16-9-3-8(4-10(17)5-9)15(20)13-7-19-14-2-1-11(18)6-12(13)14/h1-7,19H. The number of nitrogens with one attached hydrogen (secondary N) is 1. The highest BCUT2D eigenvalue weighted by atomic mass is 79.9. The molecule has 0 atom stereocenters. The van der Waals surface area contributed by atoms with Crippen LogP contribution in [0.15, 0.2) is 47.1 Å². The molecule has 0 amide bonds. The lowest BCUT2D eigenvalue weighted by molar-refractivity contribution is 0.104. The third-order valence-corrected chi connectivity index (χ3v) is 3.69. The van der Waals surface area contributed by atoms with Gasteiger partial charge in [0.2, 0.25) is 0 Å². The van der Waals surface area contributed by atoms with Crippen molar-refractivity contribution >= 4 is 44.2 Å². The largest absolute Gasteiger partial charge is 0.360 e. The molecule has 0 spiro atoms. The normalized spacial score (nSPS) is 10.9. The molecule has 0 aliphatic carbocycles. The van der Waals surface area contributed by atoms with E-state index in [1.807, 2.05) is 0 Å². The Hall–Kier alpha value is -1.65. The third-order valence-electron chi connectivity index (χ3n) is 3.01. The number of H-pyrrole nitrogens is 1. The Labute approximate surface area is 127 Å². The smallest absolute Gasteiger partial charge is 0.195 e. The second-order valence-corrected chi connectivity index (χ2v) is 5.73. The highest BCUT2D eigenvalue weighted by Gasteiger charge is 2.15. The number of hydrogen-bond donors (Lipinski definition) is 1. The van der Waals surface area contributed by atoms with Crippen LogP contribution in [0.3, 0.4) is 0 Å². The molecule has 3 rings (SSSR count). The van der Waals surface area contributed by atoms with Crippen molar-refractivity contribution in [1.29, 1.82) is 0 Å². The van der Waals surface area contributed by atoms with Crippen molar-refractivity contribution in [3.8, 4) is 0 Å². The van der Waals surface area contributed by atoms with Gasteiger partial charge in [0.1, 0.15) is 5.82 Å². The summed E-state index contributed by atoms with van der Waals surface area (Å²) in [6.45, 7) is 0. The van der Waals surface area contributed by atoms with Gasteiger partial charge in [0.25, 0.3) is 0 Å². The number of aromatic nitrogens is 1. The summed E-state index contributed by atoms with van der Waals surface area (Å²) in [4.78, 5) is 15.5. The van der Waals surface area contributed by atoms with Gasteiger partial charge in [-0.25, -0.2) is 4.39 Å². The van der Waals surface area contributed by atoms with Gasteiger partial charge in [0.05, 0.1) is 0 Å². The van der Waals surface area contributed by atoms with E-state index in [2.05, 4.69) is 20.9 Å². The zero-order valence-corrected chi connectivity index (χ0v) is 12.4. The quantitative estimate of drug-likeness (QED) is 0.650. The van der Waals surface area contributed by atoms with Crippen molar-refractivity contribution in [1.82, 2.24) is 4.98 Å². The predicted octanol–water partition coefficient (Wildman–Crippen LogP) is 4.95. The Morgan fingerprint density at radius 1 is 1.20 bits per heavy atom. The minimum Gasteiger partial charge on any atom is -0.360 e. The number of carbonyl (C=O) groups is 1. The van der Waals surface area contributed by atoms with Gasteiger partial charge < -0.3 is 4.98 Å². The van der Waals surface area contributed by atoms with Crippen LogP contribution in [0.2, 0.25) is 5.02 Å². The molecule has 3 aromatic rings. The second kappa shape index (κ2) is 5.04. The summed E-state index contributed by atoms with van der Waals surface area (Å²) >= 11 is 9.25. The first-order valence-corrected chi connectivity index (χ1v) is 6.99. The van der Waals surface area contributed by atoms with Gasteiger partial charge in [-0.1, -0.05) is 27.5 Å². The lowest BCUT2D eigenvalue weighted by Crippen LogP contribution is -2.00. The number of fused-ring (bicyclic) bond motifs is 1. The summed E-state index contributed by atoms with van der Waals surface area (Å²) in [5.41, 5.74) is 1.60. The van der Waals surface area contributed by atoms with Crippen molar-refractivity contribution < 1.29 is 9.18 Å². The van der Waals surface area contributed by atoms with Crippen molar-refractivity contribution in [3.05, 3.63) is 69.0 Å². The second-order valence-electron chi connectivity index (χ2n) is 4.38. The first-order chi connectivity index (χ1) is 9.54. The summed E-state index contributed by atoms with van der Waals surface area (Å²) in [6, 6.07) is 9.28. The number of carbonyl (C=O) groups excluding carboxylic acids is 1. The summed E-state index contributed by atoms with van der Waals surface area (Å²) < 4.78 is 14.1. The maximum absolute atomic E-state index is 13.3. The van der Waals surface area contributed by atoms with Crippen molar-refractivity contribution in [3.63, 3.8) is 0 Å². The molecule has 2 nitrogen and oxygen atoms in total. The summed E-state index contributed by atoms with van der Waals surface area (Å²) in [5.74, 6) is -0.580. The van der Waals surface area contributed by atoms with E-state index in [1.165, 1.54) is 12.1 Å². The molecule has 20 heavy (non-hydrogen) atoms. The molecule has 0 aliphatic heterocycles. The molecule has 0 saturated heterocycles. The monoisotopic (exact) mass is 351 g/mol. The molecule has 1 aromatic heterocycles. The summed E-state index contributed by atoms with van der Waals surface area (Å²) in [5, 5.41) is 1.03. The van der Waals surface area contributed by atoms with Gasteiger partial charge in [-0.15, -0.1) is 0 Å². The van der Waals surface area contributed by atoms with E-state index >= 15 is 0 Å². The molecule has 0 fully saturated rings. The van der Waals surface area contributed by atoms with Crippen molar-refractivity contribution in [2.75, 3.05) is 0 Å². The first-order valence-electron chi connectivity index (χ1n) is 5.82. The van der Waals surface area contributed by atoms with Crippen LogP contribution in [0.5, 0.6) is 0 Å². The van der Waals surface area contributed by atoms with E-state index in [0.29, 0.717) is 21.5 Å². The zero-order valence-electron chi connectivity index (χ0n) is 10.1. The number of benzene rings is 2. The lowest BCUT2D eigenvalue weighted by Gasteiger charge is -2.02. The van der Waals surface area contributed by atoms with Crippen molar-refractivity contribution in [2.45, 2.75) is 0 Å². The molecular weight excluding hydrogens is 345 g/mol. The SMILES string of the molecule is O=C(c1cc(Cl)cc(Br)c1)c1c[nH]c2ccc(F)cc12. The molecule has 5 heteroatoms. The van der Waals surface area contributed by atoms with Crippen LogP contribution in [0, 0.1) is 5.82 Å². The Morgan fingerprint density at radius 2 is 2.00 bits per heavy atom. The Kier molecular flexibility index (Phi) is 3.36. The molecule has 1 heterocycles. The molecule has 0 bridgehead atoms. The van der Waals surface area contributed by atoms with Crippen LogP contribution in [0.25, 0.3) is 10.9 Å². The van der Waals surface area contributed by atoms with E-state index < -0.39 is 0 Å². The van der Waals surface area contributed by atoms with E-state index in [9.17, 15) is 9.18 Å². The third kappa shape index (κ3) is 2.37. The Balaban J connectivity index is 2.15. The fourth-order valence-corrected chi connectivity index (χ4v) is 2.98. The summed E-state index contributed by atoms with van der Waals surface area (Å²) in [6.07, 6.45) is 1.58. The number of halogens is 3. The highest BCUT2D eigenvalue weighted by molar-refractivity contribution is 9.10. The highest BCUT2D eigenvalue weighted by Crippen LogP contribution is 2.25. The Bertz CT molecular complexity index is 808. The molecular formula is C15H8BrClFNO. The number of ketones is 1. The number of hydrogen-bond acceptors (Lipinski definition) is 1. The summed E-state index contributed by atoms with van der Waals surface area (Å²) in [7, 11) is 0. The maximum atomic E-state index is 13.3. The van der Waals surface area contributed by atoms with Gasteiger partial charge in [-0.3, -0.25) is 4.79 Å². The minimum absolute atomic E-state index is 0.204. The maximum Gasteiger partial charge on any atom is 0.195 e. The topological polar surface area (TPSA) is 32.9 Å². The molecule has 0 aliphatic rings.